The van der Waals surface area contributed by atoms with Gasteiger partial charge in [0.1, 0.15) is 0 Å². The summed E-state index contributed by atoms with van der Waals surface area (Å²) in [6, 6.07) is 9.50. The third-order valence-corrected chi connectivity index (χ3v) is 3.74. The molecule has 0 aromatic heterocycles. The maximum absolute atomic E-state index is 12.1. The summed E-state index contributed by atoms with van der Waals surface area (Å²) in [5.41, 5.74) is 7.46. The van der Waals surface area contributed by atoms with E-state index in [0.717, 1.165) is 24.8 Å². The lowest BCUT2D eigenvalue weighted by Gasteiger charge is -2.17. The Bertz CT molecular complexity index is 489. The third kappa shape index (κ3) is 3.33. The maximum atomic E-state index is 12.1. The topological polar surface area (TPSA) is 78.9 Å². The highest BCUT2D eigenvalue weighted by Crippen LogP contribution is 2.25. The molecule has 1 aromatic rings. The van der Waals surface area contributed by atoms with Gasteiger partial charge in [-0.2, -0.15) is 5.26 Å². The van der Waals surface area contributed by atoms with Gasteiger partial charge >= 0.3 is 0 Å². The van der Waals surface area contributed by atoms with Crippen molar-refractivity contribution in [2.75, 3.05) is 0 Å². The molecule has 2 rings (SSSR count). The van der Waals surface area contributed by atoms with E-state index in [9.17, 15) is 4.79 Å². The van der Waals surface area contributed by atoms with E-state index in [2.05, 4.69) is 11.4 Å². The molecule has 1 amide bonds. The van der Waals surface area contributed by atoms with E-state index in [-0.39, 0.29) is 23.9 Å². The molecule has 19 heavy (non-hydrogen) atoms. The molecule has 0 radical (unpaired) electrons. The standard InChI is InChI=1S/C15H19N3O/c1-10(12-4-2-11(9-16)3-5-12)18-15(19)13-6-7-14(17)8-13/h2-5,10,13-14H,6-8,17H2,1H3,(H,18,19). The minimum Gasteiger partial charge on any atom is -0.349 e. The van der Waals surface area contributed by atoms with Crippen LogP contribution in [0, 0.1) is 17.2 Å². The van der Waals surface area contributed by atoms with Crippen LogP contribution < -0.4 is 11.1 Å². The van der Waals surface area contributed by atoms with Crippen molar-refractivity contribution in [3.63, 3.8) is 0 Å². The number of amides is 1. The van der Waals surface area contributed by atoms with Gasteiger partial charge in [-0.05, 0) is 43.9 Å². The smallest absolute Gasteiger partial charge is 0.223 e. The van der Waals surface area contributed by atoms with Gasteiger partial charge in [-0.3, -0.25) is 4.79 Å². The predicted molar refractivity (Wildman–Crippen MR) is 73.0 cm³/mol. The van der Waals surface area contributed by atoms with Gasteiger partial charge in [0.15, 0.2) is 0 Å². The molecule has 4 nitrogen and oxygen atoms in total. The Morgan fingerprint density at radius 1 is 1.42 bits per heavy atom. The van der Waals surface area contributed by atoms with Crippen molar-refractivity contribution in [1.82, 2.24) is 5.32 Å². The molecule has 0 heterocycles. The minimum absolute atomic E-state index is 0.0444. The first-order chi connectivity index (χ1) is 9.10. The number of nitrogens with zero attached hydrogens (tertiary/aromatic N) is 1. The molecule has 0 spiro atoms. The molecule has 0 bridgehead atoms. The number of rotatable bonds is 3. The van der Waals surface area contributed by atoms with Crippen molar-refractivity contribution in [2.45, 2.75) is 38.3 Å². The summed E-state index contributed by atoms with van der Waals surface area (Å²) < 4.78 is 0. The van der Waals surface area contributed by atoms with Crippen LogP contribution in [0.2, 0.25) is 0 Å². The van der Waals surface area contributed by atoms with Crippen molar-refractivity contribution >= 4 is 5.91 Å². The summed E-state index contributed by atoms with van der Waals surface area (Å²) in [6.45, 7) is 1.95. The molecule has 1 saturated carbocycles. The van der Waals surface area contributed by atoms with Gasteiger partial charge < -0.3 is 11.1 Å². The molecule has 1 aliphatic rings. The highest BCUT2D eigenvalue weighted by Gasteiger charge is 2.28. The second-order valence-electron chi connectivity index (χ2n) is 5.23. The molecule has 1 fully saturated rings. The first kappa shape index (κ1) is 13.6. The number of carbonyl (C=O) groups excluding carboxylic acids is 1. The van der Waals surface area contributed by atoms with Crippen LogP contribution in [-0.2, 0) is 4.79 Å². The Hall–Kier alpha value is -1.86. The average Bonchev–Trinajstić information content (AvgIpc) is 2.85. The summed E-state index contributed by atoms with van der Waals surface area (Å²) in [4.78, 5) is 12.1. The number of carbonyl (C=O) groups is 1. The first-order valence-corrected chi connectivity index (χ1v) is 6.66. The van der Waals surface area contributed by atoms with Gasteiger partial charge in [0.05, 0.1) is 17.7 Å². The normalized spacial score (nSPS) is 23.6. The monoisotopic (exact) mass is 257 g/mol. The van der Waals surface area contributed by atoms with Crippen molar-refractivity contribution < 1.29 is 4.79 Å². The number of nitrogens with one attached hydrogen (secondary N) is 1. The molecule has 3 unspecified atom stereocenters. The molecule has 3 atom stereocenters. The van der Waals surface area contributed by atoms with E-state index in [1.807, 2.05) is 19.1 Å². The van der Waals surface area contributed by atoms with Crippen molar-refractivity contribution in [2.24, 2.45) is 11.7 Å². The zero-order chi connectivity index (χ0) is 13.8. The second kappa shape index (κ2) is 5.85. The highest BCUT2D eigenvalue weighted by molar-refractivity contribution is 5.79. The van der Waals surface area contributed by atoms with E-state index in [0.29, 0.717) is 5.56 Å². The van der Waals surface area contributed by atoms with Crippen LogP contribution in [0.1, 0.15) is 43.4 Å². The maximum Gasteiger partial charge on any atom is 0.223 e. The van der Waals surface area contributed by atoms with Crippen LogP contribution in [0.5, 0.6) is 0 Å². The fourth-order valence-electron chi connectivity index (χ4n) is 2.52. The highest BCUT2D eigenvalue weighted by atomic mass is 16.1. The molecule has 100 valence electrons. The lowest BCUT2D eigenvalue weighted by Crippen LogP contribution is -2.32. The number of nitriles is 1. The molecule has 0 saturated heterocycles. The third-order valence-electron chi connectivity index (χ3n) is 3.74. The lowest BCUT2D eigenvalue weighted by atomic mass is 10.0. The van der Waals surface area contributed by atoms with Crippen molar-refractivity contribution in [3.05, 3.63) is 35.4 Å². The Labute approximate surface area is 113 Å². The number of nitrogens with two attached hydrogens (primary N) is 1. The quantitative estimate of drug-likeness (QED) is 0.867. The fourth-order valence-corrected chi connectivity index (χ4v) is 2.52. The molecular formula is C15H19N3O. The summed E-state index contributed by atoms with van der Waals surface area (Å²) in [5.74, 6) is 0.139. The predicted octanol–water partition coefficient (Wildman–Crippen LogP) is 1.86. The van der Waals surface area contributed by atoms with Crippen LogP contribution in [-0.4, -0.2) is 11.9 Å². The zero-order valence-electron chi connectivity index (χ0n) is 11.1. The Morgan fingerprint density at radius 2 is 2.11 bits per heavy atom. The molecule has 4 heteroatoms. The second-order valence-corrected chi connectivity index (χ2v) is 5.23. The van der Waals surface area contributed by atoms with Crippen LogP contribution in [0.25, 0.3) is 0 Å². The lowest BCUT2D eigenvalue weighted by molar-refractivity contribution is -0.125. The van der Waals surface area contributed by atoms with Crippen LogP contribution in [0.4, 0.5) is 0 Å². The van der Waals surface area contributed by atoms with Gasteiger partial charge in [-0.25, -0.2) is 0 Å². The van der Waals surface area contributed by atoms with Crippen LogP contribution in [0.3, 0.4) is 0 Å². The van der Waals surface area contributed by atoms with Gasteiger partial charge in [0.2, 0.25) is 5.91 Å². The van der Waals surface area contributed by atoms with Crippen molar-refractivity contribution in [3.8, 4) is 6.07 Å². The van der Waals surface area contributed by atoms with Gasteiger partial charge in [0, 0.05) is 12.0 Å². The van der Waals surface area contributed by atoms with E-state index >= 15 is 0 Å². The van der Waals surface area contributed by atoms with Gasteiger partial charge in [0.25, 0.3) is 0 Å². The van der Waals surface area contributed by atoms with Crippen molar-refractivity contribution in [1.29, 1.82) is 5.26 Å². The number of hydrogen-bond donors (Lipinski definition) is 2. The van der Waals surface area contributed by atoms with Gasteiger partial charge in [-0.1, -0.05) is 12.1 Å². The molecule has 0 aliphatic heterocycles. The van der Waals surface area contributed by atoms with Crippen LogP contribution >= 0.6 is 0 Å². The van der Waals surface area contributed by atoms with E-state index in [4.69, 9.17) is 11.0 Å². The Balaban J connectivity index is 1.94. The summed E-state index contributed by atoms with van der Waals surface area (Å²) in [5, 5.41) is 11.8. The number of hydrogen-bond acceptors (Lipinski definition) is 3. The number of benzene rings is 1. The van der Waals surface area contributed by atoms with Gasteiger partial charge in [-0.15, -0.1) is 0 Å². The van der Waals surface area contributed by atoms with Crippen LogP contribution in [0.15, 0.2) is 24.3 Å². The zero-order valence-corrected chi connectivity index (χ0v) is 11.1. The molecule has 1 aromatic carbocycles. The summed E-state index contributed by atoms with van der Waals surface area (Å²) in [7, 11) is 0. The minimum atomic E-state index is -0.0444. The van der Waals surface area contributed by atoms with E-state index < -0.39 is 0 Å². The Kier molecular flexibility index (Phi) is 4.18. The first-order valence-electron chi connectivity index (χ1n) is 6.66. The Morgan fingerprint density at radius 3 is 2.63 bits per heavy atom. The van der Waals surface area contributed by atoms with E-state index in [1.165, 1.54) is 0 Å². The largest absolute Gasteiger partial charge is 0.349 e. The molecular weight excluding hydrogens is 238 g/mol. The average molecular weight is 257 g/mol. The fraction of sp³-hybridized carbons (Fsp3) is 0.467. The van der Waals surface area contributed by atoms with E-state index in [1.54, 1.807) is 12.1 Å². The SMILES string of the molecule is CC(NC(=O)C1CCC(N)C1)c1ccc(C#N)cc1. The molecule has 1 aliphatic carbocycles. The summed E-state index contributed by atoms with van der Waals surface area (Å²) >= 11 is 0. The molecule has 3 N–H and O–H groups in total. The summed E-state index contributed by atoms with van der Waals surface area (Å²) in [6.07, 6.45) is 2.60.